The highest BCUT2D eigenvalue weighted by molar-refractivity contribution is 5.71. The van der Waals surface area contributed by atoms with Gasteiger partial charge in [0.2, 0.25) is 5.95 Å². The summed E-state index contributed by atoms with van der Waals surface area (Å²) in [6.45, 7) is 1.21. The Kier molecular flexibility index (Phi) is 4.50. The van der Waals surface area contributed by atoms with Crippen LogP contribution in [-0.2, 0) is 23.8 Å². The van der Waals surface area contributed by atoms with Crippen LogP contribution in [0.25, 0.3) is 11.2 Å². The molecular formula is C14H17N5O7. The number of rotatable bonds is 4. The van der Waals surface area contributed by atoms with Gasteiger partial charge in [-0.2, -0.15) is 4.98 Å². The summed E-state index contributed by atoms with van der Waals surface area (Å²) in [5, 5.41) is 0. The Hall–Kier alpha value is -3.15. The lowest BCUT2D eigenvalue weighted by atomic mass is 10.1. The van der Waals surface area contributed by atoms with Crippen molar-refractivity contribution in [3.05, 3.63) is 20.8 Å². The van der Waals surface area contributed by atoms with Gasteiger partial charge in [0, 0.05) is 13.3 Å². The second-order valence-corrected chi connectivity index (χ2v) is 5.76. The van der Waals surface area contributed by atoms with E-state index in [1.807, 2.05) is 0 Å². The number of hydrogen-bond donors (Lipinski definition) is 3. The molecule has 140 valence electrons. The maximum absolute atomic E-state index is 12.4. The quantitative estimate of drug-likeness (QED) is 0.560. The van der Waals surface area contributed by atoms with Gasteiger partial charge < -0.3 is 19.9 Å². The first-order chi connectivity index (χ1) is 12.3. The summed E-state index contributed by atoms with van der Waals surface area (Å²) >= 11 is 0. The lowest BCUT2D eigenvalue weighted by Gasteiger charge is -2.19. The number of nitrogens with zero attached hydrogens (tertiary/aromatic N) is 2. The molecule has 3 heterocycles. The second kappa shape index (κ2) is 6.63. The zero-order valence-corrected chi connectivity index (χ0v) is 14.0. The highest BCUT2D eigenvalue weighted by Crippen LogP contribution is 2.33. The monoisotopic (exact) mass is 367 g/mol. The van der Waals surface area contributed by atoms with Gasteiger partial charge in [-0.3, -0.25) is 24.4 Å². The third-order valence-electron chi connectivity index (χ3n) is 3.94. The van der Waals surface area contributed by atoms with Crippen LogP contribution in [0, 0.1) is 0 Å². The van der Waals surface area contributed by atoms with E-state index in [9.17, 15) is 19.2 Å². The van der Waals surface area contributed by atoms with Gasteiger partial charge in [0.25, 0.3) is 5.56 Å². The van der Waals surface area contributed by atoms with Gasteiger partial charge in [-0.25, -0.2) is 9.36 Å². The lowest BCUT2D eigenvalue weighted by molar-refractivity contribution is -0.153. The molecule has 0 aliphatic carbocycles. The van der Waals surface area contributed by atoms with E-state index in [1.54, 1.807) is 0 Å². The second-order valence-electron chi connectivity index (χ2n) is 5.76. The minimum Gasteiger partial charge on any atom is -0.469 e. The Morgan fingerprint density at radius 2 is 2.12 bits per heavy atom. The molecule has 0 unspecified atom stereocenters. The van der Waals surface area contributed by atoms with Crippen molar-refractivity contribution in [3.8, 4) is 0 Å². The molecule has 12 nitrogen and oxygen atoms in total. The van der Waals surface area contributed by atoms with Crippen molar-refractivity contribution in [2.75, 3.05) is 12.8 Å². The van der Waals surface area contributed by atoms with Crippen LogP contribution in [0.1, 0.15) is 26.0 Å². The molecule has 0 spiro atoms. The third kappa shape index (κ3) is 3.18. The number of nitrogen functional groups attached to an aromatic ring is 1. The van der Waals surface area contributed by atoms with Crippen LogP contribution in [0.3, 0.4) is 0 Å². The molecule has 1 saturated heterocycles. The summed E-state index contributed by atoms with van der Waals surface area (Å²) in [4.78, 5) is 55.8. The minimum atomic E-state index is -1.08. The Morgan fingerprint density at radius 3 is 2.77 bits per heavy atom. The van der Waals surface area contributed by atoms with Gasteiger partial charge >= 0.3 is 17.6 Å². The van der Waals surface area contributed by atoms with E-state index in [-0.39, 0.29) is 30.0 Å². The van der Waals surface area contributed by atoms with Crippen LogP contribution in [0.5, 0.6) is 0 Å². The molecule has 2 aromatic heterocycles. The van der Waals surface area contributed by atoms with E-state index < -0.39 is 41.6 Å². The topological polar surface area (TPSA) is 171 Å². The highest BCUT2D eigenvalue weighted by Gasteiger charge is 2.41. The van der Waals surface area contributed by atoms with Crippen molar-refractivity contribution in [2.45, 2.75) is 38.2 Å². The minimum absolute atomic E-state index is 0.0443. The normalized spacial score (nSPS) is 22.5. The van der Waals surface area contributed by atoms with Gasteiger partial charge in [0.1, 0.15) is 6.10 Å². The number of aromatic nitrogens is 4. The molecule has 0 aromatic carbocycles. The summed E-state index contributed by atoms with van der Waals surface area (Å²) in [5.74, 6) is -1.29. The number of nitrogens with one attached hydrogen (secondary N) is 2. The number of anilines is 1. The van der Waals surface area contributed by atoms with E-state index in [0.717, 1.165) is 4.57 Å². The Morgan fingerprint density at radius 1 is 1.38 bits per heavy atom. The van der Waals surface area contributed by atoms with Gasteiger partial charge in [-0.15, -0.1) is 0 Å². The fourth-order valence-corrected chi connectivity index (χ4v) is 2.93. The number of methoxy groups -OCH3 is 1. The van der Waals surface area contributed by atoms with Crippen molar-refractivity contribution in [3.63, 3.8) is 0 Å². The van der Waals surface area contributed by atoms with Gasteiger partial charge in [0.05, 0.1) is 19.6 Å². The van der Waals surface area contributed by atoms with Crippen LogP contribution in [0.15, 0.2) is 9.59 Å². The number of aromatic amines is 2. The molecule has 0 amide bonds. The lowest BCUT2D eigenvalue weighted by Crippen LogP contribution is -2.31. The van der Waals surface area contributed by atoms with Crippen LogP contribution < -0.4 is 17.0 Å². The van der Waals surface area contributed by atoms with Crippen LogP contribution in [0.4, 0.5) is 5.95 Å². The SMILES string of the molecule is COC(=O)C[C@@H]1C[C@@H](OC(C)=O)[C@H](n2c(=O)[nH]c3c(=O)[nH]c(N)nc32)O1. The Labute approximate surface area is 145 Å². The summed E-state index contributed by atoms with van der Waals surface area (Å²) in [7, 11) is 1.24. The summed E-state index contributed by atoms with van der Waals surface area (Å²) in [6.07, 6.45) is -2.51. The van der Waals surface area contributed by atoms with E-state index in [2.05, 4.69) is 19.7 Å². The van der Waals surface area contributed by atoms with E-state index in [4.69, 9.17) is 15.2 Å². The number of fused-ring (bicyclic) bond motifs is 1. The molecule has 1 aliphatic heterocycles. The number of esters is 2. The van der Waals surface area contributed by atoms with Gasteiger partial charge in [-0.1, -0.05) is 0 Å². The number of nitrogens with two attached hydrogens (primary N) is 1. The number of imidazole rings is 1. The first kappa shape index (κ1) is 17.7. The van der Waals surface area contributed by atoms with E-state index in [0.29, 0.717) is 0 Å². The Balaban J connectivity index is 2.05. The van der Waals surface area contributed by atoms with E-state index >= 15 is 0 Å². The van der Waals surface area contributed by atoms with Crippen molar-refractivity contribution < 1.29 is 23.8 Å². The van der Waals surface area contributed by atoms with Crippen LogP contribution >= 0.6 is 0 Å². The molecule has 3 rings (SSSR count). The first-order valence-corrected chi connectivity index (χ1v) is 7.69. The predicted octanol–water partition coefficient (Wildman–Crippen LogP) is -1.22. The number of hydrogen-bond acceptors (Lipinski definition) is 9. The number of carbonyl (C=O) groups excluding carboxylic acids is 2. The van der Waals surface area contributed by atoms with Gasteiger partial charge in [0.15, 0.2) is 17.4 Å². The Bertz CT molecular complexity index is 974. The molecule has 26 heavy (non-hydrogen) atoms. The molecule has 0 saturated carbocycles. The fourth-order valence-electron chi connectivity index (χ4n) is 2.93. The fraction of sp³-hybridized carbons (Fsp3) is 0.500. The standard InChI is InChI=1S/C14H17N5O7/c1-5(20)25-7-3-6(4-8(21)24-2)26-12(7)19-10-9(16-14(19)23)11(22)18-13(15)17-10/h6-7,12H,3-4H2,1-2H3,(H,16,23)(H3,15,17,18,22)/t6-,7+,12+/m0/s1. The van der Waals surface area contributed by atoms with Crippen LogP contribution in [-0.4, -0.2) is 50.8 Å². The molecule has 4 N–H and O–H groups in total. The summed E-state index contributed by atoms with van der Waals surface area (Å²) in [5.41, 5.74) is 4.09. The summed E-state index contributed by atoms with van der Waals surface area (Å²) in [6, 6.07) is 0. The number of carbonyl (C=O) groups is 2. The zero-order valence-electron chi connectivity index (χ0n) is 14.0. The molecule has 1 aliphatic rings. The predicted molar refractivity (Wildman–Crippen MR) is 86.1 cm³/mol. The van der Waals surface area contributed by atoms with Crippen molar-refractivity contribution >= 4 is 29.1 Å². The molecule has 0 radical (unpaired) electrons. The molecule has 2 aromatic rings. The average molecular weight is 367 g/mol. The van der Waals surface area contributed by atoms with E-state index in [1.165, 1.54) is 14.0 Å². The van der Waals surface area contributed by atoms with Crippen molar-refractivity contribution in [1.82, 2.24) is 19.5 Å². The van der Waals surface area contributed by atoms with Crippen molar-refractivity contribution in [2.24, 2.45) is 0 Å². The highest BCUT2D eigenvalue weighted by atomic mass is 16.6. The molecule has 3 atom stereocenters. The molecule has 0 bridgehead atoms. The average Bonchev–Trinajstić information content (AvgIpc) is 3.06. The van der Waals surface area contributed by atoms with Gasteiger partial charge in [-0.05, 0) is 0 Å². The van der Waals surface area contributed by atoms with Crippen molar-refractivity contribution in [1.29, 1.82) is 0 Å². The number of H-pyrrole nitrogens is 2. The maximum Gasteiger partial charge on any atom is 0.330 e. The number of ether oxygens (including phenoxy) is 3. The molecular weight excluding hydrogens is 350 g/mol. The van der Waals surface area contributed by atoms with Crippen LogP contribution in [0.2, 0.25) is 0 Å². The zero-order chi connectivity index (χ0) is 19.0. The first-order valence-electron chi connectivity index (χ1n) is 7.69. The largest absolute Gasteiger partial charge is 0.469 e. The third-order valence-corrected chi connectivity index (χ3v) is 3.94. The molecule has 12 heteroatoms. The summed E-state index contributed by atoms with van der Waals surface area (Å²) < 4.78 is 16.6. The maximum atomic E-state index is 12.4. The smallest absolute Gasteiger partial charge is 0.330 e. The molecule has 1 fully saturated rings.